The second kappa shape index (κ2) is 4.63. The summed E-state index contributed by atoms with van der Waals surface area (Å²) in [6.45, 7) is 1.67. The predicted molar refractivity (Wildman–Crippen MR) is 65.5 cm³/mol. The largest absolute Gasteiger partial charge is 0.416 e. The fourth-order valence-corrected chi connectivity index (χ4v) is 2.14. The molecule has 2 nitrogen and oxygen atoms in total. The maximum atomic E-state index is 12.6. The number of carbonyl (C=O) groups is 1. The Labute approximate surface area is 109 Å². The average Bonchev–Trinajstić information content (AvgIpc) is 3.12. The maximum Gasteiger partial charge on any atom is 0.416 e. The number of alkyl halides is 3. The second-order valence-corrected chi connectivity index (χ2v) is 5.36. The first kappa shape index (κ1) is 14.1. The van der Waals surface area contributed by atoms with Crippen LogP contribution in [0, 0.1) is 5.92 Å². The summed E-state index contributed by atoms with van der Waals surface area (Å²) < 4.78 is 37.7. The fraction of sp³-hybridized carbons (Fsp3) is 0.500. The van der Waals surface area contributed by atoms with Gasteiger partial charge in [-0.15, -0.1) is 0 Å². The molecular weight excluding hydrogens is 255 g/mol. The van der Waals surface area contributed by atoms with E-state index in [0.29, 0.717) is 5.56 Å². The molecule has 2 N–H and O–H groups in total. The molecule has 1 saturated carbocycles. The quantitative estimate of drug-likeness (QED) is 0.915. The Morgan fingerprint density at radius 2 is 2.00 bits per heavy atom. The molecule has 1 aromatic carbocycles. The van der Waals surface area contributed by atoms with E-state index in [1.807, 2.05) is 0 Å². The molecule has 2 rings (SSSR count). The molecule has 1 atom stereocenters. The van der Waals surface area contributed by atoms with Gasteiger partial charge in [-0.2, -0.15) is 13.2 Å². The van der Waals surface area contributed by atoms with Crippen molar-refractivity contribution in [1.82, 2.24) is 0 Å². The van der Waals surface area contributed by atoms with E-state index in [4.69, 9.17) is 5.73 Å². The van der Waals surface area contributed by atoms with E-state index in [1.165, 1.54) is 12.1 Å². The van der Waals surface area contributed by atoms with Gasteiger partial charge in [0.05, 0.1) is 11.1 Å². The highest BCUT2D eigenvalue weighted by molar-refractivity contribution is 5.90. The number of hydrogen-bond acceptors (Lipinski definition) is 2. The normalized spacial score (nSPS) is 19.0. The SMILES string of the molecule is CC(N)(C(=O)Cc1cccc(C(F)(F)F)c1)C1CC1. The van der Waals surface area contributed by atoms with Crippen LogP contribution in [0.3, 0.4) is 0 Å². The van der Waals surface area contributed by atoms with Crippen molar-refractivity contribution in [2.45, 2.75) is 37.9 Å². The van der Waals surface area contributed by atoms with Crippen molar-refractivity contribution < 1.29 is 18.0 Å². The summed E-state index contributed by atoms with van der Waals surface area (Å²) in [4.78, 5) is 12.1. The number of nitrogens with two attached hydrogens (primary N) is 1. The number of ketones is 1. The van der Waals surface area contributed by atoms with Crippen molar-refractivity contribution in [2.24, 2.45) is 11.7 Å². The lowest BCUT2D eigenvalue weighted by Gasteiger charge is -2.22. The van der Waals surface area contributed by atoms with Crippen molar-refractivity contribution in [3.8, 4) is 0 Å². The molecule has 0 aliphatic heterocycles. The topological polar surface area (TPSA) is 43.1 Å². The summed E-state index contributed by atoms with van der Waals surface area (Å²) >= 11 is 0. The smallest absolute Gasteiger partial charge is 0.319 e. The van der Waals surface area contributed by atoms with Gasteiger partial charge in [-0.05, 0) is 37.3 Å². The molecule has 0 radical (unpaired) electrons. The number of benzene rings is 1. The number of carbonyl (C=O) groups excluding carboxylic acids is 1. The lowest BCUT2D eigenvalue weighted by molar-refractivity contribution is -0.137. The highest BCUT2D eigenvalue weighted by Gasteiger charge is 2.43. The van der Waals surface area contributed by atoms with Gasteiger partial charge in [0.2, 0.25) is 0 Å². The molecule has 104 valence electrons. The molecule has 1 aliphatic rings. The Hall–Kier alpha value is -1.36. The molecule has 1 fully saturated rings. The molecule has 0 heterocycles. The van der Waals surface area contributed by atoms with E-state index >= 15 is 0 Å². The van der Waals surface area contributed by atoms with Gasteiger partial charge in [0, 0.05) is 6.42 Å². The predicted octanol–water partition coefficient (Wildman–Crippen LogP) is 2.94. The van der Waals surface area contributed by atoms with E-state index in [2.05, 4.69) is 0 Å². The summed E-state index contributed by atoms with van der Waals surface area (Å²) in [5, 5.41) is 0. The Morgan fingerprint density at radius 3 is 2.53 bits per heavy atom. The minimum atomic E-state index is -4.39. The standard InChI is InChI=1S/C14H16F3NO/c1-13(18,10-5-6-10)12(19)8-9-3-2-4-11(7-9)14(15,16)17/h2-4,7,10H,5-6,8,18H2,1H3. The fourth-order valence-electron chi connectivity index (χ4n) is 2.14. The zero-order valence-electron chi connectivity index (χ0n) is 10.6. The van der Waals surface area contributed by atoms with Crippen molar-refractivity contribution in [2.75, 3.05) is 0 Å². The van der Waals surface area contributed by atoms with Crippen LogP contribution in [0.2, 0.25) is 0 Å². The Bertz CT molecular complexity index is 490. The van der Waals surface area contributed by atoms with Crippen LogP contribution in [0.5, 0.6) is 0 Å². The first-order valence-corrected chi connectivity index (χ1v) is 6.19. The Kier molecular flexibility index (Phi) is 3.43. The molecule has 0 bridgehead atoms. The van der Waals surface area contributed by atoms with Crippen molar-refractivity contribution >= 4 is 5.78 Å². The summed E-state index contributed by atoms with van der Waals surface area (Å²) in [6, 6.07) is 4.85. The zero-order valence-corrected chi connectivity index (χ0v) is 10.6. The first-order chi connectivity index (χ1) is 8.71. The molecule has 0 amide bonds. The van der Waals surface area contributed by atoms with Crippen LogP contribution in [0.25, 0.3) is 0 Å². The molecule has 1 unspecified atom stereocenters. The van der Waals surface area contributed by atoms with E-state index in [9.17, 15) is 18.0 Å². The molecule has 19 heavy (non-hydrogen) atoms. The van der Waals surface area contributed by atoms with Crippen LogP contribution in [-0.2, 0) is 17.4 Å². The summed E-state index contributed by atoms with van der Waals surface area (Å²) in [5.74, 6) is -0.0277. The number of Topliss-reactive ketones (excluding diaryl/α,β-unsaturated/α-hetero) is 1. The van der Waals surface area contributed by atoms with Crippen LogP contribution >= 0.6 is 0 Å². The van der Waals surface area contributed by atoms with E-state index in [0.717, 1.165) is 25.0 Å². The summed E-state index contributed by atoms with van der Waals surface area (Å²) in [7, 11) is 0. The van der Waals surface area contributed by atoms with Gasteiger partial charge in [0.15, 0.2) is 5.78 Å². The highest BCUT2D eigenvalue weighted by atomic mass is 19.4. The third-order valence-corrected chi connectivity index (χ3v) is 3.65. The Balaban J connectivity index is 2.13. The van der Waals surface area contributed by atoms with Crippen LogP contribution in [0.1, 0.15) is 30.9 Å². The van der Waals surface area contributed by atoms with Gasteiger partial charge in [-0.25, -0.2) is 0 Å². The number of hydrogen-bond donors (Lipinski definition) is 1. The van der Waals surface area contributed by atoms with Crippen molar-refractivity contribution in [3.63, 3.8) is 0 Å². The van der Waals surface area contributed by atoms with Gasteiger partial charge in [0.25, 0.3) is 0 Å². The van der Waals surface area contributed by atoms with E-state index < -0.39 is 17.3 Å². The molecular formula is C14H16F3NO. The Morgan fingerprint density at radius 1 is 1.37 bits per heavy atom. The molecule has 0 spiro atoms. The molecule has 1 aliphatic carbocycles. The first-order valence-electron chi connectivity index (χ1n) is 6.19. The zero-order chi connectivity index (χ0) is 14.3. The monoisotopic (exact) mass is 271 g/mol. The lowest BCUT2D eigenvalue weighted by atomic mass is 9.88. The van der Waals surface area contributed by atoms with Crippen LogP contribution < -0.4 is 5.73 Å². The van der Waals surface area contributed by atoms with Gasteiger partial charge in [0.1, 0.15) is 0 Å². The number of halogens is 3. The van der Waals surface area contributed by atoms with Crippen molar-refractivity contribution in [3.05, 3.63) is 35.4 Å². The molecule has 0 aromatic heterocycles. The average molecular weight is 271 g/mol. The summed E-state index contributed by atoms with van der Waals surface area (Å²) in [5.41, 5.74) is 4.67. The summed E-state index contributed by atoms with van der Waals surface area (Å²) in [6.07, 6.45) is -2.60. The second-order valence-electron chi connectivity index (χ2n) is 5.36. The maximum absolute atomic E-state index is 12.6. The van der Waals surface area contributed by atoms with E-state index in [1.54, 1.807) is 6.92 Å². The molecule has 1 aromatic rings. The van der Waals surface area contributed by atoms with Crippen LogP contribution in [0.15, 0.2) is 24.3 Å². The minimum absolute atomic E-state index is 0.0482. The van der Waals surface area contributed by atoms with Gasteiger partial charge in [-0.3, -0.25) is 4.79 Å². The highest BCUT2D eigenvalue weighted by Crippen LogP contribution is 2.39. The lowest BCUT2D eigenvalue weighted by Crippen LogP contribution is -2.47. The number of rotatable bonds is 4. The van der Waals surface area contributed by atoms with Crippen molar-refractivity contribution in [1.29, 1.82) is 0 Å². The molecule has 0 saturated heterocycles. The molecule has 5 heteroatoms. The van der Waals surface area contributed by atoms with Crippen LogP contribution in [0.4, 0.5) is 13.2 Å². The van der Waals surface area contributed by atoms with Gasteiger partial charge < -0.3 is 5.73 Å². The van der Waals surface area contributed by atoms with E-state index in [-0.39, 0.29) is 18.1 Å². The van der Waals surface area contributed by atoms with Gasteiger partial charge >= 0.3 is 6.18 Å². The minimum Gasteiger partial charge on any atom is -0.319 e. The third kappa shape index (κ3) is 3.15. The van der Waals surface area contributed by atoms with Crippen LogP contribution in [-0.4, -0.2) is 11.3 Å². The third-order valence-electron chi connectivity index (χ3n) is 3.65. The van der Waals surface area contributed by atoms with Gasteiger partial charge in [-0.1, -0.05) is 18.2 Å².